The largest absolute Gasteiger partial charge is 0.416 e. The van der Waals surface area contributed by atoms with Gasteiger partial charge in [0.2, 0.25) is 5.91 Å². The predicted molar refractivity (Wildman–Crippen MR) is 68.9 cm³/mol. The van der Waals surface area contributed by atoms with Crippen molar-refractivity contribution in [3.05, 3.63) is 28.2 Å². The van der Waals surface area contributed by atoms with Crippen LogP contribution in [0, 0.1) is 0 Å². The number of ether oxygens (including phenoxy) is 1. The highest BCUT2D eigenvalue weighted by molar-refractivity contribution is 9.10. The molecule has 0 fully saturated rings. The van der Waals surface area contributed by atoms with Crippen LogP contribution in [0.1, 0.15) is 18.4 Å². The molecule has 0 aliphatic heterocycles. The number of carbonyl (C=O) groups excluding carboxylic acids is 1. The fourth-order valence-corrected chi connectivity index (χ4v) is 1.73. The molecule has 1 aromatic rings. The molecule has 0 saturated heterocycles. The summed E-state index contributed by atoms with van der Waals surface area (Å²) in [4.78, 5) is 11.5. The van der Waals surface area contributed by atoms with Crippen LogP contribution < -0.4 is 5.32 Å². The highest BCUT2D eigenvalue weighted by Crippen LogP contribution is 2.33. The van der Waals surface area contributed by atoms with E-state index in [0.717, 1.165) is 12.1 Å². The molecule has 0 spiro atoms. The van der Waals surface area contributed by atoms with E-state index in [1.54, 1.807) is 0 Å². The molecule has 0 aliphatic carbocycles. The number of nitrogens with one attached hydrogen (secondary N) is 1. The van der Waals surface area contributed by atoms with Gasteiger partial charge in [-0.25, -0.2) is 0 Å². The Labute approximate surface area is 117 Å². The van der Waals surface area contributed by atoms with Crippen LogP contribution in [0.3, 0.4) is 0 Å². The number of alkyl halides is 3. The number of hydrogen-bond acceptors (Lipinski definition) is 2. The SMILES string of the molecule is COCCCC(=O)Nc1cc(C(F)(F)F)ccc1Br. The van der Waals surface area contributed by atoms with Gasteiger partial charge < -0.3 is 10.1 Å². The lowest BCUT2D eigenvalue weighted by Crippen LogP contribution is -2.13. The summed E-state index contributed by atoms with van der Waals surface area (Å²) in [6, 6.07) is 3.11. The smallest absolute Gasteiger partial charge is 0.385 e. The first-order valence-electron chi connectivity index (χ1n) is 5.50. The lowest BCUT2D eigenvalue weighted by atomic mass is 10.2. The Hall–Kier alpha value is -1.08. The summed E-state index contributed by atoms with van der Waals surface area (Å²) in [7, 11) is 1.52. The number of carbonyl (C=O) groups is 1. The van der Waals surface area contributed by atoms with Crippen molar-refractivity contribution in [3.8, 4) is 0 Å². The second-order valence-electron chi connectivity index (χ2n) is 3.84. The highest BCUT2D eigenvalue weighted by Gasteiger charge is 2.31. The topological polar surface area (TPSA) is 38.3 Å². The van der Waals surface area contributed by atoms with Gasteiger partial charge in [-0.05, 0) is 40.5 Å². The maximum atomic E-state index is 12.5. The minimum absolute atomic E-state index is 0.109. The molecule has 1 amide bonds. The summed E-state index contributed by atoms with van der Waals surface area (Å²) >= 11 is 3.10. The van der Waals surface area contributed by atoms with Gasteiger partial charge in [0, 0.05) is 24.6 Å². The van der Waals surface area contributed by atoms with Crippen molar-refractivity contribution < 1.29 is 22.7 Å². The summed E-state index contributed by atoms with van der Waals surface area (Å²) in [6.45, 7) is 0.428. The fraction of sp³-hybridized carbons (Fsp3) is 0.417. The van der Waals surface area contributed by atoms with Crippen LogP contribution in [0.5, 0.6) is 0 Å². The molecule has 7 heteroatoms. The summed E-state index contributed by atoms with van der Waals surface area (Å²) in [5.41, 5.74) is -0.694. The van der Waals surface area contributed by atoms with E-state index < -0.39 is 11.7 Å². The van der Waals surface area contributed by atoms with E-state index in [1.807, 2.05) is 0 Å². The van der Waals surface area contributed by atoms with E-state index in [0.29, 0.717) is 17.5 Å². The van der Waals surface area contributed by atoms with Crippen molar-refractivity contribution in [2.75, 3.05) is 19.0 Å². The van der Waals surface area contributed by atoms with Crippen LogP contribution in [-0.2, 0) is 15.7 Å². The first-order chi connectivity index (χ1) is 8.84. The Morgan fingerprint density at radius 3 is 2.68 bits per heavy atom. The minimum atomic E-state index is -4.43. The second-order valence-corrected chi connectivity index (χ2v) is 4.69. The molecule has 0 aromatic heterocycles. The molecule has 19 heavy (non-hydrogen) atoms. The van der Waals surface area contributed by atoms with E-state index in [2.05, 4.69) is 21.2 Å². The number of anilines is 1. The summed E-state index contributed by atoms with van der Waals surface area (Å²) in [5, 5.41) is 2.44. The average molecular weight is 340 g/mol. The number of methoxy groups -OCH3 is 1. The number of amides is 1. The molecule has 0 heterocycles. The van der Waals surface area contributed by atoms with E-state index in [4.69, 9.17) is 4.74 Å². The molecule has 3 nitrogen and oxygen atoms in total. The summed E-state index contributed by atoms with van der Waals surface area (Å²) in [6.07, 6.45) is -3.73. The minimum Gasteiger partial charge on any atom is -0.385 e. The zero-order chi connectivity index (χ0) is 14.5. The lowest BCUT2D eigenvalue weighted by Gasteiger charge is -2.11. The average Bonchev–Trinajstić information content (AvgIpc) is 2.31. The van der Waals surface area contributed by atoms with Crippen LogP contribution in [0.15, 0.2) is 22.7 Å². The number of hydrogen-bond donors (Lipinski definition) is 1. The first-order valence-corrected chi connectivity index (χ1v) is 6.29. The molecule has 0 radical (unpaired) electrons. The van der Waals surface area contributed by atoms with Crippen LogP contribution >= 0.6 is 15.9 Å². The Morgan fingerprint density at radius 1 is 1.42 bits per heavy atom. The van der Waals surface area contributed by atoms with Crippen molar-refractivity contribution in [1.82, 2.24) is 0 Å². The molecule has 0 saturated carbocycles. The third-order valence-electron chi connectivity index (χ3n) is 2.32. The fourth-order valence-electron chi connectivity index (χ4n) is 1.39. The van der Waals surface area contributed by atoms with Gasteiger partial charge in [0.1, 0.15) is 0 Å². The Morgan fingerprint density at radius 2 is 2.11 bits per heavy atom. The van der Waals surface area contributed by atoms with Crippen LogP contribution in [0.4, 0.5) is 18.9 Å². The molecule has 0 bridgehead atoms. The quantitative estimate of drug-likeness (QED) is 0.828. The van der Waals surface area contributed by atoms with Crippen molar-refractivity contribution in [1.29, 1.82) is 0 Å². The Bertz CT molecular complexity index is 449. The van der Waals surface area contributed by atoms with Gasteiger partial charge in [-0.3, -0.25) is 4.79 Å². The normalized spacial score (nSPS) is 11.4. The maximum absolute atomic E-state index is 12.5. The zero-order valence-electron chi connectivity index (χ0n) is 10.2. The van der Waals surface area contributed by atoms with Gasteiger partial charge >= 0.3 is 6.18 Å². The molecule has 0 atom stereocenters. The summed E-state index contributed by atoms with van der Waals surface area (Å²) < 4.78 is 42.8. The molecule has 1 aromatic carbocycles. The predicted octanol–water partition coefficient (Wildman–Crippen LogP) is 3.83. The van der Waals surface area contributed by atoms with Gasteiger partial charge in [-0.2, -0.15) is 13.2 Å². The monoisotopic (exact) mass is 339 g/mol. The van der Waals surface area contributed by atoms with Crippen molar-refractivity contribution in [2.45, 2.75) is 19.0 Å². The van der Waals surface area contributed by atoms with Crippen molar-refractivity contribution >= 4 is 27.5 Å². The Kier molecular flexibility index (Phi) is 5.81. The molecule has 0 unspecified atom stereocenters. The lowest BCUT2D eigenvalue weighted by molar-refractivity contribution is -0.137. The molecule has 0 aliphatic rings. The maximum Gasteiger partial charge on any atom is 0.416 e. The number of rotatable bonds is 5. The van der Waals surface area contributed by atoms with E-state index in [-0.39, 0.29) is 18.0 Å². The van der Waals surface area contributed by atoms with Gasteiger partial charge in [-0.1, -0.05) is 0 Å². The van der Waals surface area contributed by atoms with E-state index in [9.17, 15) is 18.0 Å². The van der Waals surface area contributed by atoms with Gasteiger partial charge in [-0.15, -0.1) is 0 Å². The van der Waals surface area contributed by atoms with Crippen molar-refractivity contribution in [3.63, 3.8) is 0 Å². The van der Waals surface area contributed by atoms with E-state index in [1.165, 1.54) is 13.2 Å². The molecular weight excluding hydrogens is 327 g/mol. The number of halogens is 4. The van der Waals surface area contributed by atoms with Gasteiger partial charge in [0.25, 0.3) is 0 Å². The van der Waals surface area contributed by atoms with Gasteiger partial charge in [0.15, 0.2) is 0 Å². The second kappa shape index (κ2) is 6.91. The zero-order valence-corrected chi connectivity index (χ0v) is 11.8. The Balaban J connectivity index is 2.74. The third-order valence-corrected chi connectivity index (χ3v) is 3.01. The van der Waals surface area contributed by atoms with Crippen LogP contribution in [-0.4, -0.2) is 19.6 Å². The summed E-state index contributed by atoms with van der Waals surface area (Å²) in [5.74, 6) is -0.350. The molecular formula is C12H13BrF3NO2. The van der Waals surface area contributed by atoms with Crippen LogP contribution in [0.25, 0.3) is 0 Å². The van der Waals surface area contributed by atoms with E-state index >= 15 is 0 Å². The molecule has 1 N–H and O–H groups in total. The highest BCUT2D eigenvalue weighted by atomic mass is 79.9. The van der Waals surface area contributed by atoms with Crippen LogP contribution in [0.2, 0.25) is 0 Å². The first kappa shape index (κ1) is 16.0. The number of benzene rings is 1. The molecule has 1 rings (SSSR count). The van der Waals surface area contributed by atoms with Gasteiger partial charge in [0.05, 0.1) is 11.3 Å². The third kappa shape index (κ3) is 5.20. The standard InChI is InChI=1S/C12H13BrF3NO2/c1-19-6-2-3-11(18)17-10-7-8(12(14,15)16)4-5-9(10)13/h4-5,7H,2-3,6H2,1H3,(H,17,18). The molecule has 106 valence electrons. The van der Waals surface area contributed by atoms with Crippen molar-refractivity contribution in [2.24, 2.45) is 0 Å².